The molecule has 8 nitrogen and oxygen atoms in total. The van der Waals surface area contributed by atoms with Crippen LogP contribution in [0, 0.1) is 6.92 Å². The van der Waals surface area contributed by atoms with Gasteiger partial charge in [-0.1, -0.05) is 5.21 Å². The highest BCUT2D eigenvalue weighted by Gasteiger charge is 2.07. The number of pyridine rings is 2. The SMILES string of the molecule is Cc1ccncc1NC(=O)NCc1cn(-c2ccncc2)nn1. The first-order valence-electron chi connectivity index (χ1n) is 6.99. The van der Waals surface area contributed by atoms with Crippen molar-refractivity contribution in [3.05, 3.63) is 60.4 Å². The van der Waals surface area contributed by atoms with Crippen molar-refractivity contribution in [1.82, 2.24) is 30.3 Å². The normalized spacial score (nSPS) is 10.3. The van der Waals surface area contributed by atoms with Gasteiger partial charge in [0.2, 0.25) is 0 Å². The number of anilines is 1. The highest BCUT2D eigenvalue weighted by molar-refractivity contribution is 5.89. The molecule has 3 aromatic rings. The van der Waals surface area contributed by atoms with Gasteiger partial charge in [0.15, 0.2) is 0 Å². The van der Waals surface area contributed by atoms with Gasteiger partial charge in [-0.3, -0.25) is 9.97 Å². The molecule has 0 fully saturated rings. The lowest BCUT2D eigenvalue weighted by atomic mass is 10.2. The van der Waals surface area contributed by atoms with Crippen LogP contribution < -0.4 is 10.6 Å². The Balaban J connectivity index is 1.58. The Morgan fingerprint density at radius 2 is 1.96 bits per heavy atom. The predicted molar refractivity (Wildman–Crippen MR) is 84.0 cm³/mol. The van der Waals surface area contributed by atoms with Crippen molar-refractivity contribution in [2.24, 2.45) is 0 Å². The van der Waals surface area contributed by atoms with Crippen molar-refractivity contribution in [3.8, 4) is 5.69 Å². The average Bonchev–Trinajstić information content (AvgIpc) is 3.05. The van der Waals surface area contributed by atoms with Gasteiger partial charge in [-0.15, -0.1) is 5.10 Å². The summed E-state index contributed by atoms with van der Waals surface area (Å²) >= 11 is 0. The maximum Gasteiger partial charge on any atom is 0.319 e. The van der Waals surface area contributed by atoms with Crippen molar-refractivity contribution < 1.29 is 4.79 Å². The molecule has 0 bridgehead atoms. The van der Waals surface area contributed by atoms with Crippen molar-refractivity contribution in [2.45, 2.75) is 13.5 Å². The Kier molecular flexibility index (Phi) is 4.23. The Labute approximate surface area is 132 Å². The Bertz CT molecular complexity index is 800. The second-order valence-corrected chi connectivity index (χ2v) is 4.86. The zero-order valence-corrected chi connectivity index (χ0v) is 12.5. The minimum atomic E-state index is -0.320. The summed E-state index contributed by atoms with van der Waals surface area (Å²) in [5.74, 6) is 0. The average molecular weight is 309 g/mol. The second kappa shape index (κ2) is 6.65. The summed E-state index contributed by atoms with van der Waals surface area (Å²) in [5, 5.41) is 13.5. The zero-order chi connectivity index (χ0) is 16.1. The molecule has 0 aliphatic heterocycles. The van der Waals surface area contributed by atoms with Crippen LogP contribution in [0.3, 0.4) is 0 Å². The van der Waals surface area contributed by atoms with Gasteiger partial charge in [-0.05, 0) is 30.7 Å². The highest BCUT2D eigenvalue weighted by atomic mass is 16.2. The summed E-state index contributed by atoms with van der Waals surface area (Å²) in [4.78, 5) is 19.8. The number of amides is 2. The van der Waals surface area contributed by atoms with E-state index < -0.39 is 0 Å². The van der Waals surface area contributed by atoms with E-state index in [9.17, 15) is 4.79 Å². The third-order valence-electron chi connectivity index (χ3n) is 3.19. The number of hydrogen-bond donors (Lipinski definition) is 2. The van der Waals surface area contributed by atoms with Crippen LogP contribution in [0.25, 0.3) is 5.69 Å². The Morgan fingerprint density at radius 3 is 2.74 bits per heavy atom. The second-order valence-electron chi connectivity index (χ2n) is 4.86. The fourth-order valence-corrected chi connectivity index (χ4v) is 1.93. The number of carbonyl (C=O) groups excluding carboxylic acids is 1. The number of aryl methyl sites for hydroxylation is 1. The van der Waals surface area contributed by atoms with Crippen LogP contribution >= 0.6 is 0 Å². The van der Waals surface area contributed by atoms with Crippen LogP contribution in [-0.2, 0) is 6.54 Å². The molecule has 8 heteroatoms. The molecule has 0 saturated heterocycles. The van der Waals surface area contributed by atoms with Crippen LogP contribution in [0.2, 0.25) is 0 Å². The summed E-state index contributed by atoms with van der Waals surface area (Å²) in [6.07, 6.45) is 8.40. The molecule has 2 amide bonds. The van der Waals surface area contributed by atoms with Crippen LogP contribution in [0.5, 0.6) is 0 Å². The lowest BCUT2D eigenvalue weighted by molar-refractivity contribution is 0.251. The van der Waals surface area contributed by atoms with Crippen LogP contribution in [-0.4, -0.2) is 31.0 Å². The lowest BCUT2D eigenvalue weighted by Gasteiger charge is -2.07. The Hall–Kier alpha value is -3.29. The van der Waals surface area contributed by atoms with Gasteiger partial charge in [0.1, 0.15) is 5.69 Å². The van der Waals surface area contributed by atoms with Gasteiger partial charge < -0.3 is 10.6 Å². The zero-order valence-electron chi connectivity index (χ0n) is 12.5. The van der Waals surface area contributed by atoms with Gasteiger partial charge in [-0.2, -0.15) is 0 Å². The topological polar surface area (TPSA) is 97.6 Å². The van der Waals surface area contributed by atoms with Gasteiger partial charge in [0.25, 0.3) is 0 Å². The molecule has 0 aromatic carbocycles. The summed E-state index contributed by atoms with van der Waals surface area (Å²) in [5.41, 5.74) is 3.12. The molecule has 0 atom stereocenters. The van der Waals surface area contributed by atoms with Crippen LogP contribution in [0.15, 0.2) is 49.2 Å². The molecule has 0 saturated carbocycles. The summed E-state index contributed by atoms with van der Waals surface area (Å²) in [7, 11) is 0. The highest BCUT2D eigenvalue weighted by Crippen LogP contribution is 2.11. The third kappa shape index (κ3) is 3.67. The lowest BCUT2D eigenvalue weighted by Crippen LogP contribution is -2.28. The molecular weight excluding hydrogens is 294 g/mol. The Morgan fingerprint density at radius 1 is 1.17 bits per heavy atom. The minimum absolute atomic E-state index is 0.274. The third-order valence-corrected chi connectivity index (χ3v) is 3.19. The van der Waals surface area contributed by atoms with E-state index in [1.807, 2.05) is 25.1 Å². The first-order valence-corrected chi connectivity index (χ1v) is 6.99. The monoisotopic (exact) mass is 309 g/mol. The van der Waals surface area contributed by atoms with Gasteiger partial charge in [0, 0.05) is 18.6 Å². The smallest absolute Gasteiger partial charge is 0.319 e. The van der Waals surface area contributed by atoms with Gasteiger partial charge in [-0.25, -0.2) is 9.48 Å². The molecule has 2 N–H and O–H groups in total. The van der Waals surface area contributed by atoms with E-state index in [2.05, 4.69) is 30.9 Å². The predicted octanol–water partition coefficient (Wildman–Crippen LogP) is 1.69. The number of urea groups is 1. The first-order chi connectivity index (χ1) is 11.2. The molecule has 3 rings (SSSR count). The molecule has 0 aliphatic rings. The van der Waals surface area contributed by atoms with E-state index in [4.69, 9.17) is 0 Å². The molecule has 3 heterocycles. The maximum absolute atomic E-state index is 11.9. The largest absolute Gasteiger partial charge is 0.332 e. The van der Waals surface area contributed by atoms with Crippen molar-refractivity contribution in [2.75, 3.05) is 5.32 Å². The van der Waals surface area contributed by atoms with E-state index in [-0.39, 0.29) is 12.6 Å². The number of carbonyl (C=O) groups is 1. The summed E-state index contributed by atoms with van der Waals surface area (Å²) in [6.45, 7) is 2.17. The fourth-order valence-electron chi connectivity index (χ4n) is 1.93. The van der Waals surface area contributed by atoms with Crippen molar-refractivity contribution >= 4 is 11.7 Å². The summed E-state index contributed by atoms with van der Waals surface area (Å²) in [6, 6.07) is 5.16. The van der Waals surface area contributed by atoms with Crippen molar-refractivity contribution in [3.63, 3.8) is 0 Å². The van der Waals surface area contributed by atoms with E-state index in [1.54, 1.807) is 35.7 Å². The number of hydrogen-bond acceptors (Lipinski definition) is 5. The molecule has 0 unspecified atom stereocenters. The quantitative estimate of drug-likeness (QED) is 0.764. The standard InChI is InChI=1S/C15H15N7O/c1-11-2-5-17-9-14(11)19-15(23)18-8-12-10-22(21-20-12)13-3-6-16-7-4-13/h2-7,9-10H,8H2,1H3,(H2,18,19,23). The van der Waals surface area contributed by atoms with E-state index >= 15 is 0 Å². The molecule has 116 valence electrons. The van der Waals surface area contributed by atoms with Gasteiger partial charge >= 0.3 is 6.03 Å². The number of nitrogens with zero attached hydrogens (tertiary/aromatic N) is 5. The summed E-state index contributed by atoms with van der Waals surface area (Å²) < 4.78 is 1.63. The number of rotatable bonds is 4. The van der Waals surface area contributed by atoms with Crippen molar-refractivity contribution in [1.29, 1.82) is 0 Å². The van der Waals surface area contributed by atoms with Gasteiger partial charge in [0.05, 0.1) is 30.3 Å². The van der Waals surface area contributed by atoms with Crippen LogP contribution in [0.4, 0.5) is 10.5 Å². The van der Waals surface area contributed by atoms with E-state index in [1.165, 1.54) is 0 Å². The first kappa shape index (κ1) is 14.6. The van der Waals surface area contributed by atoms with E-state index in [0.29, 0.717) is 11.4 Å². The number of aromatic nitrogens is 5. The molecule has 0 radical (unpaired) electrons. The maximum atomic E-state index is 11.9. The molecule has 23 heavy (non-hydrogen) atoms. The van der Waals surface area contributed by atoms with E-state index in [0.717, 1.165) is 11.3 Å². The molecular formula is C15H15N7O. The molecule has 3 aromatic heterocycles. The molecule has 0 aliphatic carbocycles. The van der Waals surface area contributed by atoms with Crippen LogP contribution in [0.1, 0.15) is 11.3 Å². The number of nitrogens with one attached hydrogen (secondary N) is 2. The minimum Gasteiger partial charge on any atom is -0.332 e. The fraction of sp³-hybridized carbons (Fsp3) is 0.133. The molecule has 0 spiro atoms.